The SMILES string of the molecule is COc1ccc(C(C(=O)C(c2ccc([N+](=O)[O-])cc2)c2ccc(OC)c([N+](=O)[O-])c2)c2ccc([N+](=O)[O-])cc2)cc1[N+](=O)[O-]. The van der Waals surface area contributed by atoms with Crippen molar-refractivity contribution in [1.82, 2.24) is 0 Å². The van der Waals surface area contributed by atoms with E-state index >= 15 is 0 Å². The summed E-state index contributed by atoms with van der Waals surface area (Å²) in [6, 6.07) is 17.8. The Hall–Kier alpha value is -6.25. The summed E-state index contributed by atoms with van der Waals surface area (Å²) >= 11 is 0. The number of nitro benzene ring substituents is 4. The third-order valence-corrected chi connectivity index (χ3v) is 6.91. The molecule has 15 nitrogen and oxygen atoms in total. The van der Waals surface area contributed by atoms with Crippen LogP contribution in [0.4, 0.5) is 22.7 Å². The molecule has 0 aliphatic rings. The number of ketones is 1. The van der Waals surface area contributed by atoms with Gasteiger partial charge in [-0.2, -0.15) is 0 Å². The van der Waals surface area contributed by atoms with Gasteiger partial charge in [-0.15, -0.1) is 0 Å². The third-order valence-electron chi connectivity index (χ3n) is 6.91. The Kier molecular flexibility index (Phi) is 8.88. The van der Waals surface area contributed by atoms with E-state index in [0.717, 1.165) is 12.1 Å². The summed E-state index contributed by atoms with van der Waals surface area (Å²) in [5, 5.41) is 46.3. The number of methoxy groups -OCH3 is 2. The summed E-state index contributed by atoms with van der Waals surface area (Å²) in [7, 11) is 2.48. The Balaban J connectivity index is 1.99. The van der Waals surface area contributed by atoms with E-state index < -0.39 is 48.7 Å². The van der Waals surface area contributed by atoms with Gasteiger partial charge in [-0.1, -0.05) is 36.4 Å². The van der Waals surface area contributed by atoms with Crippen LogP contribution in [0.3, 0.4) is 0 Å². The number of nitro groups is 4. The Morgan fingerprint density at radius 3 is 1.11 bits per heavy atom. The number of carbonyl (C=O) groups excluding carboxylic acids is 1. The van der Waals surface area contributed by atoms with E-state index in [1.165, 1.54) is 87.0 Å². The first-order chi connectivity index (χ1) is 21.0. The number of hydrogen-bond acceptors (Lipinski definition) is 11. The molecule has 4 aromatic rings. The van der Waals surface area contributed by atoms with Crippen LogP contribution < -0.4 is 9.47 Å². The lowest BCUT2D eigenvalue weighted by Crippen LogP contribution is -2.23. The molecule has 2 atom stereocenters. The fourth-order valence-electron chi connectivity index (χ4n) is 4.84. The Bertz CT molecular complexity index is 1640. The number of benzene rings is 4. The van der Waals surface area contributed by atoms with Gasteiger partial charge in [-0.3, -0.25) is 45.3 Å². The third kappa shape index (κ3) is 6.15. The highest BCUT2D eigenvalue weighted by atomic mass is 16.6. The molecule has 0 saturated heterocycles. The summed E-state index contributed by atoms with van der Waals surface area (Å²) in [5.41, 5.74) is -0.701. The standard InChI is InChI=1S/C29H22N4O11/c1-43-25-13-7-19(15-23(25)32(39)40)27(17-3-9-21(10-4-17)30(35)36)29(34)28(18-5-11-22(12-6-18)31(37)38)20-8-14-26(44-2)24(16-20)33(41)42/h3-16,27-28H,1-2H3. The topological polar surface area (TPSA) is 208 Å². The summed E-state index contributed by atoms with van der Waals surface area (Å²) in [4.78, 5) is 58.3. The van der Waals surface area contributed by atoms with Crippen LogP contribution >= 0.6 is 0 Å². The van der Waals surface area contributed by atoms with Crippen molar-refractivity contribution in [3.05, 3.63) is 148 Å². The summed E-state index contributed by atoms with van der Waals surface area (Å²) < 4.78 is 10.2. The summed E-state index contributed by atoms with van der Waals surface area (Å²) in [5.74, 6) is -3.37. The molecule has 0 bridgehead atoms. The van der Waals surface area contributed by atoms with Gasteiger partial charge in [0.2, 0.25) is 0 Å². The molecule has 0 heterocycles. The molecule has 0 aliphatic heterocycles. The Labute approximate surface area is 247 Å². The second-order valence-corrected chi connectivity index (χ2v) is 9.34. The highest BCUT2D eigenvalue weighted by Gasteiger charge is 2.35. The maximum atomic E-state index is 14.7. The zero-order valence-electron chi connectivity index (χ0n) is 23.0. The van der Waals surface area contributed by atoms with Crippen molar-refractivity contribution in [2.24, 2.45) is 0 Å². The van der Waals surface area contributed by atoms with E-state index in [9.17, 15) is 45.3 Å². The normalized spacial score (nSPS) is 12.0. The lowest BCUT2D eigenvalue weighted by Gasteiger charge is -2.24. The molecule has 2 unspecified atom stereocenters. The van der Waals surface area contributed by atoms with Gasteiger partial charge in [-0.05, 0) is 34.4 Å². The quantitative estimate of drug-likeness (QED) is 0.138. The maximum Gasteiger partial charge on any atom is 0.311 e. The van der Waals surface area contributed by atoms with Crippen molar-refractivity contribution in [2.45, 2.75) is 11.8 Å². The molecule has 0 aromatic heterocycles. The molecule has 0 radical (unpaired) electrons. The van der Waals surface area contributed by atoms with Crippen LogP contribution in [0.2, 0.25) is 0 Å². The fourth-order valence-corrected chi connectivity index (χ4v) is 4.84. The number of ether oxygens (including phenoxy) is 2. The molecule has 0 N–H and O–H groups in total. The van der Waals surface area contributed by atoms with Crippen LogP contribution in [-0.4, -0.2) is 39.7 Å². The van der Waals surface area contributed by atoms with Crippen molar-refractivity contribution < 1.29 is 34.0 Å². The average Bonchev–Trinajstić information content (AvgIpc) is 3.01. The summed E-state index contributed by atoms with van der Waals surface area (Å²) in [6.07, 6.45) is 0. The van der Waals surface area contributed by atoms with Crippen molar-refractivity contribution >= 4 is 28.5 Å². The van der Waals surface area contributed by atoms with E-state index in [0.29, 0.717) is 0 Å². The smallest absolute Gasteiger partial charge is 0.311 e. The molecule has 4 rings (SSSR count). The first kappa shape index (κ1) is 30.7. The lowest BCUT2D eigenvalue weighted by molar-refractivity contribution is -0.385. The number of hydrogen-bond donors (Lipinski definition) is 0. The van der Waals surface area contributed by atoms with Crippen molar-refractivity contribution in [3.63, 3.8) is 0 Å². The zero-order valence-corrected chi connectivity index (χ0v) is 23.0. The predicted molar refractivity (Wildman–Crippen MR) is 154 cm³/mol. The van der Waals surface area contributed by atoms with Crippen LogP contribution in [0.1, 0.15) is 34.1 Å². The van der Waals surface area contributed by atoms with Gasteiger partial charge in [0.1, 0.15) is 0 Å². The van der Waals surface area contributed by atoms with E-state index in [1.807, 2.05) is 0 Å². The maximum absolute atomic E-state index is 14.7. The second-order valence-electron chi connectivity index (χ2n) is 9.34. The second kappa shape index (κ2) is 12.7. The van der Waals surface area contributed by atoms with Gasteiger partial charge in [0.05, 0.1) is 45.7 Å². The molecular formula is C29H22N4O11. The van der Waals surface area contributed by atoms with Crippen LogP contribution in [0.25, 0.3) is 0 Å². The lowest BCUT2D eigenvalue weighted by atomic mass is 9.77. The number of Topliss-reactive ketones (excluding diaryl/α,β-unsaturated/α-hetero) is 1. The van der Waals surface area contributed by atoms with E-state index in [4.69, 9.17) is 9.47 Å². The van der Waals surface area contributed by atoms with Gasteiger partial charge in [-0.25, -0.2) is 0 Å². The Morgan fingerprint density at radius 1 is 0.523 bits per heavy atom. The van der Waals surface area contributed by atoms with Crippen molar-refractivity contribution in [3.8, 4) is 11.5 Å². The predicted octanol–water partition coefficient (Wildman–Crippen LogP) is 5.87. The number of carbonyl (C=O) groups is 1. The molecular weight excluding hydrogens is 580 g/mol. The molecule has 15 heteroatoms. The molecule has 0 saturated carbocycles. The largest absolute Gasteiger partial charge is 0.490 e. The zero-order chi connectivity index (χ0) is 32.1. The van der Waals surface area contributed by atoms with Gasteiger partial charge in [0.25, 0.3) is 11.4 Å². The fraction of sp³-hybridized carbons (Fsp3) is 0.138. The van der Waals surface area contributed by atoms with Gasteiger partial charge in [0.15, 0.2) is 17.3 Å². The van der Waals surface area contributed by atoms with Crippen LogP contribution in [0.15, 0.2) is 84.9 Å². The molecule has 44 heavy (non-hydrogen) atoms. The molecule has 4 aromatic carbocycles. The molecule has 0 spiro atoms. The van der Waals surface area contributed by atoms with E-state index in [1.54, 1.807) is 0 Å². The van der Waals surface area contributed by atoms with Crippen LogP contribution in [-0.2, 0) is 4.79 Å². The summed E-state index contributed by atoms with van der Waals surface area (Å²) in [6.45, 7) is 0. The average molecular weight is 603 g/mol. The van der Waals surface area contributed by atoms with Gasteiger partial charge >= 0.3 is 11.4 Å². The van der Waals surface area contributed by atoms with Crippen molar-refractivity contribution in [2.75, 3.05) is 14.2 Å². The van der Waals surface area contributed by atoms with E-state index in [2.05, 4.69) is 0 Å². The monoisotopic (exact) mass is 602 g/mol. The van der Waals surface area contributed by atoms with Gasteiger partial charge in [0, 0.05) is 36.4 Å². The van der Waals surface area contributed by atoms with Crippen molar-refractivity contribution in [1.29, 1.82) is 0 Å². The first-order valence-corrected chi connectivity index (χ1v) is 12.6. The minimum absolute atomic E-state index is 0.0775. The molecule has 0 aliphatic carbocycles. The van der Waals surface area contributed by atoms with E-state index in [-0.39, 0.29) is 45.1 Å². The highest BCUT2D eigenvalue weighted by molar-refractivity contribution is 5.97. The number of rotatable bonds is 12. The minimum Gasteiger partial charge on any atom is -0.490 e. The van der Waals surface area contributed by atoms with Gasteiger partial charge < -0.3 is 9.47 Å². The molecule has 0 amide bonds. The number of nitrogens with zero attached hydrogens (tertiary/aromatic N) is 4. The Morgan fingerprint density at radius 2 is 0.841 bits per heavy atom. The van der Waals surface area contributed by atoms with Crippen LogP contribution in [0, 0.1) is 40.5 Å². The minimum atomic E-state index is -1.29. The van der Waals surface area contributed by atoms with Crippen LogP contribution in [0.5, 0.6) is 11.5 Å². The molecule has 0 fully saturated rings. The highest BCUT2D eigenvalue weighted by Crippen LogP contribution is 2.41. The molecule has 224 valence electrons. The first-order valence-electron chi connectivity index (χ1n) is 12.6. The number of non-ortho nitro benzene ring substituents is 2.